The fourth-order valence-corrected chi connectivity index (χ4v) is 1.84. The van der Waals surface area contributed by atoms with E-state index in [4.69, 9.17) is 11.0 Å². The Hall–Kier alpha value is -2.86. The van der Waals surface area contributed by atoms with E-state index in [9.17, 15) is 4.79 Å². The number of nitriles is 1. The Balaban J connectivity index is 2.29. The standard InChI is InChI=1S/C17H14N2O/c1-12-2-6-14(7-3-12)15-8-4-13(5-9-15)10-16(11-18)17(19)20/h2-10H,1H3,(H2,19,20)/b16-10+. The van der Waals surface area contributed by atoms with E-state index in [-0.39, 0.29) is 5.57 Å². The molecule has 2 N–H and O–H groups in total. The first kappa shape index (κ1) is 13.6. The molecular weight excluding hydrogens is 248 g/mol. The van der Waals surface area contributed by atoms with Crippen molar-refractivity contribution in [3.63, 3.8) is 0 Å². The van der Waals surface area contributed by atoms with E-state index in [2.05, 4.69) is 24.3 Å². The summed E-state index contributed by atoms with van der Waals surface area (Å²) in [5.41, 5.74) is 9.25. The lowest BCUT2D eigenvalue weighted by Gasteiger charge is -2.03. The van der Waals surface area contributed by atoms with Crippen LogP contribution in [0.1, 0.15) is 11.1 Å². The van der Waals surface area contributed by atoms with Crippen molar-refractivity contribution in [2.75, 3.05) is 0 Å². The van der Waals surface area contributed by atoms with Gasteiger partial charge in [0.15, 0.2) is 0 Å². The fraction of sp³-hybridized carbons (Fsp3) is 0.0588. The highest BCUT2D eigenvalue weighted by atomic mass is 16.1. The summed E-state index contributed by atoms with van der Waals surface area (Å²) in [6, 6.07) is 17.6. The minimum Gasteiger partial charge on any atom is -0.365 e. The van der Waals surface area contributed by atoms with E-state index < -0.39 is 5.91 Å². The summed E-state index contributed by atoms with van der Waals surface area (Å²) in [5.74, 6) is -0.713. The molecule has 2 aromatic rings. The molecule has 0 saturated carbocycles. The number of hydrogen-bond acceptors (Lipinski definition) is 2. The van der Waals surface area contributed by atoms with Crippen LogP contribution in [0.3, 0.4) is 0 Å². The molecule has 2 rings (SSSR count). The molecule has 0 fully saturated rings. The molecule has 0 spiro atoms. The van der Waals surface area contributed by atoms with Crippen LogP contribution in [0.25, 0.3) is 17.2 Å². The van der Waals surface area contributed by atoms with Gasteiger partial charge in [-0.3, -0.25) is 4.79 Å². The van der Waals surface area contributed by atoms with Crippen LogP contribution in [0.2, 0.25) is 0 Å². The lowest BCUT2D eigenvalue weighted by Crippen LogP contribution is -2.12. The molecule has 0 saturated heterocycles. The number of nitrogens with two attached hydrogens (primary N) is 1. The van der Waals surface area contributed by atoms with E-state index in [1.165, 1.54) is 11.6 Å². The maximum atomic E-state index is 11.0. The third-order valence-corrected chi connectivity index (χ3v) is 2.99. The number of carbonyl (C=O) groups is 1. The number of rotatable bonds is 3. The van der Waals surface area contributed by atoms with Gasteiger partial charge in [-0.1, -0.05) is 54.1 Å². The largest absolute Gasteiger partial charge is 0.365 e. The molecule has 98 valence electrons. The van der Waals surface area contributed by atoms with Gasteiger partial charge in [0, 0.05) is 0 Å². The number of aryl methyl sites for hydroxylation is 1. The van der Waals surface area contributed by atoms with Crippen LogP contribution < -0.4 is 5.73 Å². The maximum Gasteiger partial charge on any atom is 0.259 e. The molecule has 0 atom stereocenters. The second kappa shape index (κ2) is 5.85. The van der Waals surface area contributed by atoms with Gasteiger partial charge in [0.05, 0.1) is 0 Å². The number of primary amides is 1. The van der Waals surface area contributed by atoms with Gasteiger partial charge >= 0.3 is 0 Å². The molecule has 20 heavy (non-hydrogen) atoms. The van der Waals surface area contributed by atoms with Crippen molar-refractivity contribution in [3.05, 3.63) is 65.2 Å². The molecule has 0 aliphatic heterocycles. The Kier molecular flexibility index (Phi) is 3.97. The Morgan fingerprint density at radius 2 is 1.55 bits per heavy atom. The first-order chi connectivity index (χ1) is 9.60. The molecule has 2 aromatic carbocycles. The lowest BCUT2D eigenvalue weighted by molar-refractivity contribution is -0.114. The van der Waals surface area contributed by atoms with Crippen LogP contribution in [-0.2, 0) is 4.79 Å². The van der Waals surface area contributed by atoms with Gasteiger partial charge in [-0.15, -0.1) is 0 Å². The Bertz CT molecular complexity index is 689. The van der Waals surface area contributed by atoms with Crippen LogP contribution in [0, 0.1) is 18.3 Å². The highest BCUT2D eigenvalue weighted by Gasteiger charge is 2.03. The van der Waals surface area contributed by atoms with Gasteiger partial charge < -0.3 is 5.73 Å². The number of carbonyl (C=O) groups excluding carboxylic acids is 1. The van der Waals surface area contributed by atoms with Crippen LogP contribution in [-0.4, -0.2) is 5.91 Å². The van der Waals surface area contributed by atoms with E-state index in [1.54, 1.807) is 6.07 Å². The second-order valence-corrected chi connectivity index (χ2v) is 4.52. The van der Waals surface area contributed by atoms with Crippen LogP contribution in [0.15, 0.2) is 54.1 Å². The average molecular weight is 262 g/mol. The van der Waals surface area contributed by atoms with Crippen molar-refractivity contribution in [2.24, 2.45) is 5.73 Å². The number of nitrogens with zero attached hydrogens (tertiary/aromatic N) is 1. The third kappa shape index (κ3) is 3.12. The Labute approximate surface area is 118 Å². The summed E-state index contributed by atoms with van der Waals surface area (Å²) in [7, 11) is 0. The highest BCUT2D eigenvalue weighted by molar-refractivity contribution is 6.00. The smallest absolute Gasteiger partial charge is 0.259 e. The van der Waals surface area contributed by atoms with E-state index in [1.807, 2.05) is 31.2 Å². The molecular formula is C17H14N2O. The van der Waals surface area contributed by atoms with E-state index in [0.717, 1.165) is 16.7 Å². The van der Waals surface area contributed by atoms with Crippen molar-refractivity contribution in [3.8, 4) is 17.2 Å². The van der Waals surface area contributed by atoms with Gasteiger partial charge in [0.1, 0.15) is 11.6 Å². The maximum absolute atomic E-state index is 11.0. The lowest BCUT2D eigenvalue weighted by atomic mass is 10.0. The zero-order chi connectivity index (χ0) is 14.5. The van der Waals surface area contributed by atoms with Crippen molar-refractivity contribution >= 4 is 12.0 Å². The van der Waals surface area contributed by atoms with Crippen LogP contribution in [0.5, 0.6) is 0 Å². The van der Waals surface area contributed by atoms with Gasteiger partial charge in [0.25, 0.3) is 5.91 Å². The normalized spacial score (nSPS) is 10.9. The number of amides is 1. The monoisotopic (exact) mass is 262 g/mol. The third-order valence-electron chi connectivity index (χ3n) is 2.99. The first-order valence-corrected chi connectivity index (χ1v) is 6.19. The summed E-state index contributed by atoms with van der Waals surface area (Å²) in [4.78, 5) is 11.0. The molecule has 3 heteroatoms. The van der Waals surface area contributed by atoms with Gasteiger partial charge in [-0.2, -0.15) is 5.26 Å². The summed E-state index contributed by atoms with van der Waals surface area (Å²) >= 11 is 0. The highest BCUT2D eigenvalue weighted by Crippen LogP contribution is 2.21. The zero-order valence-electron chi connectivity index (χ0n) is 11.1. The van der Waals surface area contributed by atoms with Gasteiger partial charge in [0.2, 0.25) is 0 Å². The second-order valence-electron chi connectivity index (χ2n) is 4.52. The summed E-state index contributed by atoms with van der Waals surface area (Å²) < 4.78 is 0. The average Bonchev–Trinajstić information content (AvgIpc) is 2.46. The van der Waals surface area contributed by atoms with E-state index in [0.29, 0.717) is 0 Å². The Morgan fingerprint density at radius 3 is 2.00 bits per heavy atom. The molecule has 3 nitrogen and oxygen atoms in total. The van der Waals surface area contributed by atoms with E-state index >= 15 is 0 Å². The zero-order valence-corrected chi connectivity index (χ0v) is 11.1. The van der Waals surface area contributed by atoms with Crippen molar-refractivity contribution in [1.82, 2.24) is 0 Å². The van der Waals surface area contributed by atoms with Crippen molar-refractivity contribution < 1.29 is 4.79 Å². The molecule has 0 unspecified atom stereocenters. The molecule has 1 amide bonds. The summed E-state index contributed by atoms with van der Waals surface area (Å²) in [6.45, 7) is 2.05. The summed E-state index contributed by atoms with van der Waals surface area (Å²) in [5, 5.41) is 8.80. The van der Waals surface area contributed by atoms with Crippen LogP contribution in [0.4, 0.5) is 0 Å². The molecule has 0 aliphatic carbocycles. The SMILES string of the molecule is Cc1ccc(-c2ccc(/C=C(\C#N)C(N)=O)cc2)cc1. The minimum atomic E-state index is -0.713. The number of hydrogen-bond donors (Lipinski definition) is 1. The molecule has 0 radical (unpaired) electrons. The van der Waals surface area contributed by atoms with Gasteiger partial charge in [-0.05, 0) is 29.7 Å². The fourth-order valence-electron chi connectivity index (χ4n) is 1.84. The van der Waals surface area contributed by atoms with Crippen molar-refractivity contribution in [2.45, 2.75) is 6.92 Å². The predicted molar refractivity (Wildman–Crippen MR) is 79.4 cm³/mol. The first-order valence-electron chi connectivity index (χ1n) is 6.19. The van der Waals surface area contributed by atoms with Crippen LogP contribution >= 0.6 is 0 Å². The van der Waals surface area contributed by atoms with Gasteiger partial charge in [-0.25, -0.2) is 0 Å². The van der Waals surface area contributed by atoms with Crippen molar-refractivity contribution in [1.29, 1.82) is 5.26 Å². The quantitative estimate of drug-likeness (QED) is 0.682. The predicted octanol–water partition coefficient (Wildman–Crippen LogP) is 3.05. The molecule has 0 bridgehead atoms. The minimum absolute atomic E-state index is 0.0481. The summed E-state index contributed by atoms with van der Waals surface area (Å²) in [6.07, 6.45) is 1.49. The Morgan fingerprint density at radius 1 is 1.05 bits per heavy atom. The topological polar surface area (TPSA) is 66.9 Å². The molecule has 0 aromatic heterocycles. The molecule has 0 heterocycles. The number of benzene rings is 2. The molecule has 0 aliphatic rings.